The second-order valence-corrected chi connectivity index (χ2v) is 9.21. The summed E-state index contributed by atoms with van der Waals surface area (Å²) < 4.78 is 17.6. The lowest BCUT2D eigenvalue weighted by atomic mass is 9.72. The highest BCUT2D eigenvalue weighted by Crippen LogP contribution is 2.49. The van der Waals surface area contributed by atoms with Crippen LogP contribution in [-0.2, 0) is 9.53 Å². The van der Waals surface area contributed by atoms with Crippen LogP contribution in [0.3, 0.4) is 0 Å². The molecule has 1 unspecified atom stereocenters. The van der Waals surface area contributed by atoms with Crippen LogP contribution in [0.2, 0.25) is 0 Å². The van der Waals surface area contributed by atoms with E-state index in [2.05, 4.69) is 10.2 Å². The molecule has 2 fully saturated rings. The average Bonchev–Trinajstić information content (AvgIpc) is 3.45. The molecule has 0 saturated carbocycles. The number of aryl methyl sites for hydroxylation is 2. The Kier molecular flexibility index (Phi) is 5.89. The van der Waals surface area contributed by atoms with Crippen molar-refractivity contribution in [2.45, 2.75) is 32.6 Å². The van der Waals surface area contributed by atoms with E-state index in [1.807, 2.05) is 67.3 Å². The third kappa shape index (κ3) is 4.50. The number of carbonyl (C=O) groups excluding carboxylic acids is 1. The van der Waals surface area contributed by atoms with Crippen molar-refractivity contribution in [1.29, 1.82) is 0 Å². The van der Waals surface area contributed by atoms with Gasteiger partial charge in [-0.3, -0.25) is 4.79 Å². The van der Waals surface area contributed by atoms with Gasteiger partial charge in [-0.2, -0.15) is 0 Å². The van der Waals surface area contributed by atoms with Crippen LogP contribution in [0.4, 0.5) is 0 Å². The van der Waals surface area contributed by atoms with Gasteiger partial charge in [-0.25, -0.2) is 0 Å². The van der Waals surface area contributed by atoms with Crippen molar-refractivity contribution in [2.75, 3.05) is 32.9 Å². The first-order valence-electron chi connectivity index (χ1n) is 11.5. The number of hydrogen-bond acceptors (Lipinski definition) is 6. The van der Waals surface area contributed by atoms with E-state index in [-0.39, 0.29) is 23.8 Å². The molecule has 7 nitrogen and oxygen atoms in total. The van der Waals surface area contributed by atoms with Crippen molar-refractivity contribution in [3.8, 4) is 17.2 Å². The van der Waals surface area contributed by atoms with Gasteiger partial charge in [0.15, 0.2) is 6.61 Å². The summed E-state index contributed by atoms with van der Waals surface area (Å²) in [6.45, 7) is 6.64. The molecule has 0 radical (unpaired) electrons. The summed E-state index contributed by atoms with van der Waals surface area (Å²) in [4.78, 5) is 14.9. The van der Waals surface area contributed by atoms with E-state index in [1.54, 1.807) is 0 Å². The molecule has 1 aromatic heterocycles. The minimum absolute atomic E-state index is 0.0147. The zero-order chi connectivity index (χ0) is 22.8. The highest BCUT2D eigenvalue weighted by Gasteiger charge is 2.51. The second kappa shape index (κ2) is 8.98. The SMILES string of the molecule is Cc1ccc(OCC(=O)N2CC(c3nnc(-c4ccc(C)cc4)o3)C3(CCOCC3)C2)cc1. The van der Waals surface area contributed by atoms with Crippen molar-refractivity contribution in [2.24, 2.45) is 5.41 Å². The smallest absolute Gasteiger partial charge is 0.260 e. The van der Waals surface area contributed by atoms with E-state index in [0.29, 0.717) is 43.8 Å². The topological polar surface area (TPSA) is 77.7 Å². The summed E-state index contributed by atoms with van der Waals surface area (Å²) >= 11 is 0. The molecule has 0 aliphatic carbocycles. The number of nitrogens with zero attached hydrogens (tertiary/aromatic N) is 3. The summed E-state index contributed by atoms with van der Waals surface area (Å²) in [6, 6.07) is 15.8. The predicted molar refractivity (Wildman–Crippen MR) is 123 cm³/mol. The molecule has 2 aromatic carbocycles. The number of hydrogen-bond donors (Lipinski definition) is 0. The molecule has 0 bridgehead atoms. The highest BCUT2D eigenvalue weighted by atomic mass is 16.5. The van der Waals surface area contributed by atoms with Crippen LogP contribution in [0, 0.1) is 19.3 Å². The molecule has 33 heavy (non-hydrogen) atoms. The maximum atomic E-state index is 13.1. The van der Waals surface area contributed by atoms with Crippen LogP contribution in [0.5, 0.6) is 5.75 Å². The maximum Gasteiger partial charge on any atom is 0.260 e. The first-order valence-corrected chi connectivity index (χ1v) is 11.5. The van der Waals surface area contributed by atoms with Crippen molar-refractivity contribution in [3.63, 3.8) is 0 Å². The molecule has 2 saturated heterocycles. The molecule has 1 amide bonds. The maximum absolute atomic E-state index is 13.1. The van der Waals surface area contributed by atoms with Crippen LogP contribution in [0.15, 0.2) is 52.9 Å². The molecule has 0 N–H and O–H groups in total. The summed E-state index contributed by atoms with van der Waals surface area (Å²) in [5.74, 6) is 1.77. The molecule has 1 spiro atoms. The lowest BCUT2D eigenvalue weighted by Gasteiger charge is -2.36. The van der Waals surface area contributed by atoms with Gasteiger partial charge in [0.2, 0.25) is 11.8 Å². The van der Waals surface area contributed by atoms with E-state index in [9.17, 15) is 4.79 Å². The lowest BCUT2D eigenvalue weighted by molar-refractivity contribution is -0.133. The molecule has 2 aliphatic rings. The Balaban J connectivity index is 1.33. The number of aromatic nitrogens is 2. The second-order valence-electron chi connectivity index (χ2n) is 9.21. The normalized spacial score (nSPS) is 19.7. The van der Waals surface area contributed by atoms with Gasteiger partial charge in [0.05, 0.1) is 5.92 Å². The van der Waals surface area contributed by atoms with Gasteiger partial charge < -0.3 is 18.8 Å². The number of likely N-dealkylation sites (tertiary alicyclic amines) is 1. The lowest BCUT2D eigenvalue weighted by Crippen LogP contribution is -2.38. The minimum atomic E-state index is -0.116. The number of rotatable bonds is 5. The molecule has 3 heterocycles. The largest absolute Gasteiger partial charge is 0.484 e. The van der Waals surface area contributed by atoms with E-state index < -0.39 is 0 Å². The van der Waals surface area contributed by atoms with Crippen molar-refractivity contribution < 1.29 is 18.7 Å². The molecule has 172 valence electrons. The van der Waals surface area contributed by atoms with E-state index in [4.69, 9.17) is 13.9 Å². The summed E-state index contributed by atoms with van der Waals surface area (Å²) in [7, 11) is 0. The molecule has 1 atom stereocenters. The quantitative estimate of drug-likeness (QED) is 0.585. The van der Waals surface area contributed by atoms with Crippen LogP contribution >= 0.6 is 0 Å². The average molecular weight is 448 g/mol. The first kappa shape index (κ1) is 21.6. The van der Waals surface area contributed by atoms with Gasteiger partial charge in [-0.1, -0.05) is 35.4 Å². The first-order chi connectivity index (χ1) is 16.0. The molecular formula is C26H29N3O4. The highest BCUT2D eigenvalue weighted by molar-refractivity contribution is 5.78. The van der Waals surface area contributed by atoms with Crippen LogP contribution in [0.1, 0.15) is 35.8 Å². The number of amides is 1. The Morgan fingerprint density at radius 3 is 2.39 bits per heavy atom. The third-order valence-electron chi connectivity index (χ3n) is 6.91. The zero-order valence-electron chi connectivity index (χ0n) is 19.1. The van der Waals surface area contributed by atoms with Crippen LogP contribution in [0.25, 0.3) is 11.5 Å². The number of carbonyl (C=O) groups is 1. The molecule has 3 aromatic rings. The van der Waals surface area contributed by atoms with Crippen molar-refractivity contribution in [1.82, 2.24) is 15.1 Å². The molecule has 7 heteroatoms. The standard InChI is InChI=1S/C26H29N3O4/c1-18-3-7-20(8-4-18)24-27-28-25(33-24)22-15-29(17-26(22)11-13-31-14-12-26)23(30)16-32-21-9-5-19(2)6-10-21/h3-10,22H,11-17H2,1-2H3. The van der Waals surface area contributed by atoms with Gasteiger partial charge in [-0.15, -0.1) is 10.2 Å². The van der Waals surface area contributed by atoms with Crippen LogP contribution in [-0.4, -0.2) is 53.9 Å². The summed E-state index contributed by atoms with van der Waals surface area (Å²) in [5, 5.41) is 8.73. The minimum Gasteiger partial charge on any atom is -0.484 e. The van der Waals surface area contributed by atoms with Gasteiger partial charge in [0.1, 0.15) is 5.75 Å². The molecular weight excluding hydrogens is 418 g/mol. The Morgan fingerprint density at radius 1 is 1.03 bits per heavy atom. The van der Waals surface area contributed by atoms with E-state index in [1.165, 1.54) is 5.56 Å². The van der Waals surface area contributed by atoms with Gasteiger partial charge >= 0.3 is 0 Å². The fourth-order valence-corrected chi connectivity index (χ4v) is 4.84. The Labute approximate surface area is 193 Å². The van der Waals surface area contributed by atoms with Gasteiger partial charge in [0.25, 0.3) is 5.91 Å². The fourth-order valence-electron chi connectivity index (χ4n) is 4.84. The Bertz CT molecular complexity index is 1100. The fraction of sp³-hybridized carbons (Fsp3) is 0.423. The predicted octanol–water partition coefficient (Wildman–Crippen LogP) is 4.16. The molecule has 5 rings (SSSR count). The Morgan fingerprint density at radius 2 is 1.70 bits per heavy atom. The van der Waals surface area contributed by atoms with Gasteiger partial charge in [-0.05, 0) is 51.0 Å². The monoisotopic (exact) mass is 447 g/mol. The number of ether oxygens (including phenoxy) is 2. The number of benzene rings is 2. The summed E-state index contributed by atoms with van der Waals surface area (Å²) in [5.41, 5.74) is 3.12. The third-order valence-corrected chi connectivity index (χ3v) is 6.91. The van der Waals surface area contributed by atoms with Crippen LogP contribution < -0.4 is 4.74 Å². The zero-order valence-corrected chi connectivity index (χ0v) is 19.1. The van der Waals surface area contributed by atoms with Crippen molar-refractivity contribution >= 4 is 5.91 Å². The van der Waals surface area contributed by atoms with E-state index in [0.717, 1.165) is 24.0 Å². The van der Waals surface area contributed by atoms with Gasteiger partial charge in [0, 0.05) is 37.3 Å². The Hall–Kier alpha value is -3.19. The molecule has 2 aliphatic heterocycles. The summed E-state index contributed by atoms with van der Waals surface area (Å²) in [6.07, 6.45) is 1.73. The van der Waals surface area contributed by atoms with Crippen molar-refractivity contribution in [3.05, 3.63) is 65.5 Å². The van der Waals surface area contributed by atoms with E-state index >= 15 is 0 Å².